The van der Waals surface area contributed by atoms with Gasteiger partial charge in [0.25, 0.3) is 0 Å². The highest BCUT2D eigenvalue weighted by atomic mass is 19.4. The van der Waals surface area contributed by atoms with E-state index in [4.69, 9.17) is 12.3 Å². The van der Waals surface area contributed by atoms with Crippen LogP contribution in [0.4, 0.5) is 13.2 Å². The van der Waals surface area contributed by atoms with E-state index >= 15 is 0 Å². The van der Waals surface area contributed by atoms with Gasteiger partial charge in [-0.15, -0.1) is 0 Å². The summed E-state index contributed by atoms with van der Waals surface area (Å²) in [5.74, 6) is -3.26. The van der Waals surface area contributed by atoms with Crippen molar-refractivity contribution in [2.75, 3.05) is 0 Å². The van der Waals surface area contributed by atoms with Crippen LogP contribution in [-0.2, 0) is 17.5 Å². The topological polar surface area (TPSA) is 20.3 Å². The highest BCUT2D eigenvalue weighted by Crippen LogP contribution is 2.39. The zero-order valence-corrected chi connectivity index (χ0v) is 10.8. The molecule has 2 nitrogen and oxygen atoms in total. The summed E-state index contributed by atoms with van der Waals surface area (Å²) in [5, 5.41) is 0. The van der Waals surface area contributed by atoms with Gasteiger partial charge in [-0.05, 0) is 43.2 Å². The Labute approximate surface area is 134 Å². The normalized spacial score (nSPS) is 53.6. The summed E-state index contributed by atoms with van der Waals surface area (Å²) in [7, 11) is 0. The average Bonchev–Trinajstić information content (AvgIpc) is 2.77. The Hall–Kier alpha value is -1.36. The Morgan fingerprint density at radius 3 is 2.57 bits per heavy atom. The summed E-state index contributed by atoms with van der Waals surface area (Å²) >= 11 is 0. The van der Waals surface area contributed by atoms with Gasteiger partial charge >= 0.3 is 6.18 Å². The standard InChI is InChI=1S/C16H18F3NO/c17-16(18,19)13-3-1-11(2-4-13)9-20-14-5-6-15(20)8-12(7-14)10-21/h1-4,10,12,14-15H,5-9H2/i5D2,7D2,8D2,12D,14D,15D. The summed E-state index contributed by atoms with van der Waals surface area (Å²) in [6.45, 7) is -0.626. The maximum atomic E-state index is 12.8. The predicted molar refractivity (Wildman–Crippen MR) is 72.6 cm³/mol. The van der Waals surface area contributed by atoms with Gasteiger partial charge in [0.15, 0.2) is 0 Å². The highest BCUT2D eigenvalue weighted by Gasteiger charge is 2.40. The van der Waals surface area contributed by atoms with Crippen molar-refractivity contribution in [2.45, 2.75) is 50.3 Å². The number of carbonyl (C=O) groups is 1. The molecule has 0 amide bonds. The first-order chi connectivity index (χ1) is 13.3. The molecule has 2 fully saturated rings. The number of fused-ring (bicyclic) bond motifs is 2. The fourth-order valence-electron chi connectivity index (χ4n) is 2.25. The molecule has 1 aromatic rings. The molecule has 2 heterocycles. The second-order valence-corrected chi connectivity index (χ2v) is 4.71. The lowest BCUT2D eigenvalue weighted by Crippen LogP contribution is -2.42. The Kier molecular flexibility index (Phi) is 1.88. The van der Waals surface area contributed by atoms with E-state index in [0.717, 1.165) is 24.3 Å². The molecule has 0 aliphatic carbocycles. The summed E-state index contributed by atoms with van der Waals surface area (Å²) in [6, 6.07) is -2.25. The molecular formula is C16H18F3NO. The van der Waals surface area contributed by atoms with Crippen LogP contribution in [0.2, 0.25) is 0 Å². The van der Waals surface area contributed by atoms with Gasteiger partial charge < -0.3 is 4.79 Å². The maximum absolute atomic E-state index is 12.8. The molecule has 1 aromatic carbocycles. The third kappa shape index (κ3) is 2.98. The molecule has 21 heavy (non-hydrogen) atoms. The first kappa shape index (κ1) is 7.27. The number of piperidine rings is 1. The predicted octanol–water partition coefficient (Wildman–Crippen LogP) is 3.65. The summed E-state index contributed by atoms with van der Waals surface area (Å²) in [6.07, 6.45) is -15.4. The first-order valence-electron chi connectivity index (χ1n) is 10.7. The van der Waals surface area contributed by atoms with E-state index in [1.165, 1.54) is 0 Å². The van der Waals surface area contributed by atoms with E-state index in [1.54, 1.807) is 0 Å². The van der Waals surface area contributed by atoms with Crippen molar-refractivity contribution in [3.63, 3.8) is 0 Å². The lowest BCUT2D eigenvalue weighted by molar-refractivity contribution is -0.137. The van der Waals surface area contributed by atoms with Crippen molar-refractivity contribution < 1.29 is 30.3 Å². The van der Waals surface area contributed by atoms with Gasteiger partial charge in [-0.3, -0.25) is 4.90 Å². The smallest absolute Gasteiger partial charge is 0.303 e. The SMILES string of the molecule is [2H]C1([2H])CC2([2H])N(Cc3ccc(C(F)(F)F)cc3)C1([2H])C([2H])([2H])C([2H])(C=O)C2([2H])[2H]. The Morgan fingerprint density at radius 2 is 1.95 bits per heavy atom. The van der Waals surface area contributed by atoms with E-state index in [0.29, 0.717) is 4.90 Å². The molecule has 0 spiro atoms. The van der Waals surface area contributed by atoms with Crippen molar-refractivity contribution in [1.29, 1.82) is 0 Å². The van der Waals surface area contributed by atoms with E-state index in [1.807, 2.05) is 0 Å². The third-order valence-corrected chi connectivity index (χ3v) is 3.29. The van der Waals surface area contributed by atoms with Gasteiger partial charge in [0.2, 0.25) is 0 Å². The number of rotatable bonds is 3. The summed E-state index contributed by atoms with van der Waals surface area (Å²) < 4.78 is 113. The fourth-order valence-corrected chi connectivity index (χ4v) is 2.25. The van der Waals surface area contributed by atoms with Gasteiger partial charge in [-0.2, -0.15) is 13.2 Å². The number of aldehydes is 1. The molecule has 3 unspecified atom stereocenters. The zero-order valence-electron chi connectivity index (χ0n) is 19.8. The van der Waals surface area contributed by atoms with Crippen LogP contribution in [0.25, 0.3) is 0 Å². The van der Waals surface area contributed by atoms with Crippen molar-refractivity contribution in [3.8, 4) is 0 Å². The Morgan fingerprint density at radius 1 is 1.29 bits per heavy atom. The van der Waals surface area contributed by atoms with E-state index in [2.05, 4.69) is 0 Å². The molecule has 0 aromatic heterocycles. The van der Waals surface area contributed by atoms with Gasteiger partial charge in [-0.25, -0.2) is 0 Å². The van der Waals surface area contributed by atoms with Crippen LogP contribution >= 0.6 is 0 Å². The van der Waals surface area contributed by atoms with Crippen molar-refractivity contribution >= 4 is 6.29 Å². The van der Waals surface area contributed by atoms with Crippen molar-refractivity contribution in [3.05, 3.63) is 35.4 Å². The number of nitrogens with zero attached hydrogens (tertiary/aromatic N) is 1. The van der Waals surface area contributed by atoms with Gasteiger partial charge in [0, 0.05) is 36.8 Å². The lowest BCUT2D eigenvalue weighted by Gasteiger charge is -2.37. The maximum Gasteiger partial charge on any atom is 0.416 e. The number of hydrogen-bond donors (Lipinski definition) is 0. The molecule has 3 rings (SSSR count). The Balaban J connectivity index is 2.17. The number of benzene rings is 1. The average molecular weight is 306 g/mol. The molecule has 0 saturated carbocycles. The fraction of sp³-hybridized carbons (Fsp3) is 0.562. The second-order valence-electron chi connectivity index (χ2n) is 4.71. The Bertz CT molecular complexity index is 878. The number of hydrogen-bond acceptors (Lipinski definition) is 2. The van der Waals surface area contributed by atoms with Crippen molar-refractivity contribution in [1.82, 2.24) is 4.90 Å². The van der Waals surface area contributed by atoms with Crippen LogP contribution < -0.4 is 0 Å². The van der Waals surface area contributed by atoms with Crippen LogP contribution in [-0.4, -0.2) is 23.2 Å². The molecule has 2 bridgehead atoms. The summed E-state index contributed by atoms with van der Waals surface area (Å²) in [4.78, 5) is 12.2. The van der Waals surface area contributed by atoms with Crippen LogP contribution in [0.3, 0.4) is 0 Å². The molecule has 2 saturated heterocycles. The molecule has 2 aliphatic rings. The van der Waals surface area contributed by atoms with E-state index in [-0.39, 0.29) is 11.8 Å². The lowest BCUT2D eigenvalue weighted by atomic mass is 9.91. The van der Waals surface area contributed by atoms with Gasteiger partial charge in [0.1, 0.15) is 6.29 Å². The number of halogens is 3. The zero-order chi connectivity index (χ0) is 23.2. The van der Waals surface area contributed by atoms with Crippen molar-refractivity contribution in [2.24, 2.45) is 5.89 Å². The third-order valence-electron chi connectivity index (χ3n) is 3.29. The minimum absolute atomic E-state index is 0.0594. The molecule has 5 heteroatoms. The second kappa shape index (κ2) is 5.44. The minimum Gasteiger partial charge on any atom is -0.303 e. The van der Waals surface area contributed by atoms with Gasteiger partial charge in [-0.1, -0.05) is 12.1 Å². The van der Waals surface area contributed by atoms with Crippen LogP contribution in [0.5, 0.6) is 0 Å². The largest absolute Gasteiger partial charge is 0.416 e. The van der Waals surface area contributed by atoms with E-state index in [9.17, 15) is 18.0 Å². The van der Waals surface area contributed by atoms with E-state index < -0.39 is 61.8 Å². The summed E-state index contributed by atoms with van der Waals surface area (Å²) in [5.41, 5.74) is -0.912. The molecule has 0 radical (unpaired) electrons. The molecule has 114 valence electrons. The molecule has 2 aliphatic heterocycles. The first-order valence-corrected chi connectivity index (χ1v) is 6.24. The number of alkyl halides is 3. The van der Waals surface area contributed by atoms with Crippen LogP contribution in [0, 0.1) is 5.89 Å². The monoisotopic (exact) mass is 306 g/mol. The number of carbonyl (C=O) groups excluding carboxylic acids is 1. The molecular weight excluding hydrogens is 279 g/mol. The van der Waals surface area contributed by atoms with Crippen LogP contribution in [0.15, 0.2) is 24.3 Å². The van der Waals surface area contributed by atoms with Crippen LogP contribution in [0.1, 0.15) is 49.0 Å². The van der Waals surface area contributed by atoms with Gasteiger partial charge in [0.05, 0.1) is 5.56 Å². The highest BCUT2D eigenvalue weighted by molar-refractivity contribution is 5.54. The minimum atomic E-state index is -4.61. The molecule has 3 atom stereocenters. The quantitative estimate of drug-likeness (QED) is 0.795. The molecule has 0 N–H and O–H groups in total.